The third-order valence-electron chi connectivity index (χ3n) is 3.26. The largest absolute Gasteiger partial charge is 0.395 e. The Bertz CT molecular complexity index is 703. The first kappa shape index (κ1) is 16.7. The first-order valence-corrected chi connectivity index (χ1v) is 7.33. The lowest BCUT2D eigenvalue weighted by Gasteiger charge is -2.10. The van der Waals surface area contributed by atoms with E-state index in [9.17, 15) is 4.79 Å². The second-order valence-electron chi connectivity index (χ2n) is 5.25. The van der Waals surface area contributed by atoms with Gasteiger partial charge >= 0.3 is 6.03 Å². The molecule has 0 unspecified atom stereocenters. The second-order valence-corrected chi connectivity index (χ2v) is 5.25. The molecule has 1 aromatic heterocycles. The first-order valence-electron chi connectivity index (χ1n) is 7.33. The summed E-state index contributed by atoms with van der Waals surface area (Å²) in [6.07, 6.45) is 0. The second kappa shape index (κ2) is 7.55. The van der Waals surface area contributed by atoms with Crippen molar-refractivity contribution in [3.05, 3.63) is 41.1 Å². The molecule has 0 atom stereocenters. The zero-order valence-corrected chi connectivity index (χ0v) is 13.5. The van der Waals surface area contributed by atoms with Crippen molar-refractivity contribution < 1.29 is 9.90 Å². The summed E-state index contributed by atoms with van der Waals surface area (Å²) < 4.78 is 0. The number of anilines is 3. The molecule has 0 spiro atoms. The van der Waals surface area contributed by atoms with Gasteiger partial charge in [0.15, 0.2) is 0 Å². The van der Waals surface area contributed by atoms with Gasteiger partial charge in [-0.3, -0.25) is 5.32 Å². The number of carbonyl (C=O) groups excluding carboxylic acids is 1. The van der Waals surface area contributed by atoms with E-state index in [4.69, 9.17) is 5.11 Å². The molecule has 122 valence electrons. The topological polar surface area (TPSA) is 99.2 Å². The van der Waals surface area contributed by atoms with Crippen LogP contribution in [0.2, 0.25) is 0 Å². The molecule has 0 aliphatic heterocycles. The van der Waals surface area contributed by atoms with E-state index in [1.807, 2.05) is 32.0 Å². The third-order valence-corrected chi connectivity index (χ3v) is 3.26. The van der Waals surface area contributed by atoms with Crippen LogP contribution in [-0.4, -0.2) is 34.3 Å². The van der Waals surface area contributed by atoms with Gasteiger partial charge in [0, 0.05) is 24.0 Å². The van der Waals surface area contributed by atoms with Gasteiger partial charge in [0.25, 0.3) is 0 Å². The lowest BCUT2D eigenvalue weighted by Crippen LogP contribution is -2.21. The number of hydrogen-bond acceptors (Lipinski definition) is 5. The Hall–Kier alpha value is -2.67. The lowest BCUT2D eigenvalue weighted by molar-refractivity contribution is 0.262. The van der Waals surface area contributed by atoms with Crippen LogP contribution in [0.4, 0.5) is 22.2 Å². The summed E-state index contributed by atoms with van der Waals surface area (Å²) in [4.78, 5) is 20.4. The Kier molecular flexibility index (Phi) is 5.48. The molecule has 0 fully saturated rings. The molecule has 2 aromatic rings. The summed E-state index contributed by atoms with van der Waals surface area (Å²) in [6.45, 7) is 6.18. The van der Waals surface area contributed by atoms with Crippen LogP contribution in [0.25, 0.3) is 0 Å². The smallest absolute Gasteiger partial charge is 0.326 e. The fraction of sp³-hybridized carbons (Fsp3) is 0.312. The van der Waals surface area contributed by atoms with Gasteiger partial charge in [-0.2, -0.15) is 4.98 Å². The Balaban J connectivity index is 2.04. The molecule has 2 amide bonds. The Morgan fingerprint density at radius 3 is 2.57 bits per heavy atom. The Labute approximate surface area is 135 Å². The molecule has 0 radical (unpaired) electrons. The number of aromatic nitrogens is 2. The van der Waals surface area contributed by atoms with Crippen LogP contribution in [0.1, 0.15) is 16.8 Å². The molecule has 0 aliphatic rings. The molecule has 0 saturated carbocycles. The van der Waals surface area contributed by atoms with E-state index in [0.717, 1.165) is 11.1 Å². The van der Waals surface area contributed by atoms with E-state index < -0.39 is 6.03 Å². The minimum atomic E-state index is -0.410. The molecule has 7 heteroatoms. The Morgan fingerprint density at radius 2 is 1.87 bits per heavy atom. The van der Waals surface area contributed by atoms with Crippen LogP contribution in [0, 0.1) is 20.8 Å². The van der Waals surface area contributed by atoms with E-state index in [0.29, 0.717) is 23.7 Å². The number of hydrogen-bond donors (Lipinski definition) is 4. The van der Waals surface area contributed by atoms with Crippen molar-refractivity contribution >= 4 is 23.5 Å². The van der Waals surface area contributed by atoms with Crippen LogP contribution in [0.15, 0.2) is 24.3 Å². The van der Waals surface area contributed by atoms with E-state index >= 15 is 0 Å². The van der Waals surface area contributed by atoms with Crippen LogP contribution >= 0.6 is 0 Å². The number of aryl methyl sites for hydroxylation is 3. The van der Waals surface area contributed by atoms with E-state index in [2.05, 4.69) is 25.9 Å². The minimum Gasteiger partial charge on any atom is -0.395 e. The first-order chi connectivity index (χ1) is 11.0. The van der Waals surface area contributed by atoms with E-state index in [1.54, 1.807) is 13.0 Å². The number of nitrogens with zero attached hydrogens (tertiary/aromatic N) is 2. The molecule has 0 saturated heterocycles. The average molecular weight is 315 g/mol. The van der Waals surface area contributed by atoms with Gasteiger partial charge in [-0.15, -0.1) is 0 Å². The maximum Gasteiger partial charge on any atom is 0.326 e. The average Bonchev–Trinajstić information content (AvgIpc) is 2.48. The summed E-state index contributed by atoms with van der Waals surface area (Å²) in [7, 11) is 0. The number of nitrogens with one attached hydrogen (secondary N) is 3. The number of carbonyl (C=O) groups is 1. The monoisotopic (exact) mass is 315 g/mol. The van der Waals surface area contributed by atoms with Gasteiger partial charge in [-0.05, 0) is 44.0 Å². The van der Waals surface area contributed by atoms with Gasteiger partial charge in [0.1, 0.15) is 5.82 Å². The summed E-state index contributed by atoms with van der Waals surface area (Å²) in [5.74, 6) is 0.750. The summed E-state index contributed by atoms with van der Waals surface area (Å²) in [5.41, 5.74) is 3.68. The van der Waals surface area contributed by atoms with Crippen LogP contribution in [0.5, 0.6) is 0 Å². The number of urea groups is 1. The molecular formula is C16H21N5O2. The molecule has 7 nitrogen and oxygen atoms in total. The van der Waals surface area contributed by atoms with E-state index in [1.165, 1.54) is 0 Å². The van der Waals surface area contributed by atoms with Crippen molar-refractivity contribution in [3.63, 3.8) is 0 Å². The third kappa shape index (κ3) is 4.93. The quantitative estimate of drug-likeness (QED) is 0.679. The predicted molar refractivity (Wildman–Crippen MR) is 90.9 cm³/mol. The van der Waals surface area contributed by atoms with Crippen molar-refractivity contribution in [2.45, 2.75) is 20.8 Å². The number of aliphatic hydroxyl groups is 1. The van der Waals surface area contributed by atoms with Crippen molar-refractivity contribution in [2.24, 2.45) is 0 Å². The highest BCUT2D eigenvalue weighted by Gasteiger charge is 2.07. The highest BCUT2D eigenvalue weighted by Crippen LogP contribution is 2.15. The van der Waals surface area contributed by atoms with Gasteiger partial charge < -0.3 is 15.7 Å². The molecule has 4 N–H and O–H groups in total. The van der Waals surface area contributed by atoms with Crippen molar-refractivity contribution in [3.8, 4) is 0 Å². The highest BCUT2D eigenvalue weighted by molar-refractivity contribution is 5.98. The van der Waals surface area contributed by atoms with Gasteiger partial charge in [0.2, 0.25) is 5.95 Å². The number of rotatable bonds is 5. The van der Waals surface area contributed by atoms with E-state index in [-0.39, 0.29) is 12.6 Å². The highest BCUT2D eigenvalue weighted by atomic mass is 16.3. The molecule has 2 rings (SSSR count). The fourth-order valence-electron chi connectivity index (χ4n) is 1.98. The van der Waals surface area contributed by atoms with Crippen molar-refractivity contribution in [1.82, 2.24) is 9.97 Å². The molecular weight excluding hydrogens is 294 g/mol. The maximum atomic E-state index is 12.1. The van der Waals surface area contributed by atoms with Crippen molar-refractivity contribution in [2.75, 3.05) is 29.1 Å². The lowest BCUT2D eigenvalue weighted by atomic mass is 10.1. The summed E-state index contributed by atoms with van der Waals surface area (Å²) in [6, 6.07) is 7.02. The van der Waals surface area contributed by atoms with Gasteiger partial charge in [-0.25, -0.2) is 9.78 Å². The van der Waals surface area contributed by atoms with Crippen molar-refractivity contribution in [1.29, 1.82) is 0 Å². The summed E-state index contributed by atoms with van der Waals surface area (Å²) in [5, 5.41) is 17.1. The normalized spacial score (nSPS) is 10.3. The zero-order valence-electron chi connectivity index (χ0n) is 13.5. The molecule has 23 heavy (non-hydrogen) atoms. The number of amides is 2. The molecule has 0 aliphatic carbocycles. The van der Waals surface area contributed by atoms with Gasteiger partial charge in [0.05, 0.1) is 6.61 Å². The van der Waals surface area contributed by atoms with Crippen LogP contribution < -0.4 is 16.0 Å². The SMILES string of the molecule is Cc1cc(NCCO)nc(NC(=O)Nc2ccc(C)c(C)c2)n1. The standard InChI is InChI=1S/C16H21N5O2/c1-10-4-5-13(8-11(10)2)19-16(23)21-15-18-12(3)9-14(20-15)17-6-7-22/h4-5,8-9,22H,6-7H2,1-3H3,(H3,17,18,19,20,21,23). The molecule has 0 bridgehead atoms. The fourth-order valence-corrected chi connectivity index (χ4v) is 1.98. The van der Waals surface area contributed by atoms with Crippen LogP contribution in [0.3, 0.4) is 0 Å². The van der Waals surface area contributed by atoms with Crippen LogP contribution in [-0.2, 0) is 0 Å². The van der Waals surface area contributed by atoms with Gasteiger partial charge in [-0.1, -0.05) is 6.07 Å². The molecule has 1 aromatic carbocycles. The minimum absolute atomic E-state index is 0.000919. The number of benzene rings is 1. The Morgan fingerprint density at radius 1 is 1.09 bits per heavy atom. The molecule has 1 heterocycles. The maximum absolute atomic E-state index is 12.1. The predicted octanol–water partition coefficient (Wildman–Crippen LogP) is 2.45. The zero-order chi connectivity index (χ0) is 16.8. The summed E-state index contributed by atoms with van der Waals surface area (Å²) >= 11 is 0. The number of aliphatic hydroxyl groups excluding tert-OH is 1.